The van der Waals surface area contributed by atoms with Crippen molar-refractivity contribution in [2.24, 2.45) is 0 Å². The van der Waals surface area contributed by atoms with E-state index in [-0.39, 0.29) is 18.4 Å². The van der Waals surface area contributed by atoms with Crippen LogP contribution in [0.1, 0.15) is 24.0 Å². The minimum atomic E-state index is -0.659. The molecule has 8 heteroatoms. The lowest BCUT2D eigenvalue weighted by Crippen LogP contribution is -2.49. The Labute approximate surface area is 225 Å². The summed E-state index contributed by atoms with van der Waals surface area (Å²) in [5.41, 5.74) is 1.79. The average Bonchev–Trinajstić information content (AvgIpc) is 2.87. The maximum Gasteiger partial charge on any atom is 0.242 e. The Balaban J connectivity index is 1.76. The van der Waals surface area contributed by atoms with Crippen molar-refractivity contribution in [3.63, 3.8) is 0 Å². The van der Waals surface area contributed by atoms with Gasteiger partial charge in [0.1, 0.15) is 6.04 Å². The Morgan fingerprint density at radius 3 is 2.29 bits per heavy atom. The molecule has 0 aromatic heterocycles. The molecule has 4 nitrogen and oxygen atoms in total. The summed E-state index contributed by atoms with van der Waals surface area (Å²) in [5.74, 6) is 0.479. The largest absolute Gasteiger partial charge is 0.357 e. The van der Waals surface area contributed by atoms with Gasteiger partial charge in [-0.2, -0.15) is 0 Å². The molecule has 1 N–H and O–H groups in total. The maximum absolute atomic E-state index is 13.5. The standard InChI is InChI=1S/C27H27Cl3N2O2S/c1-31-27(34)25(17-19-6-3-2-4-7-19)32(18-20-9-14-23(29)24(30)16-20)26(33)8-5-15-35-22-12-10-21(28)11-13-22/h2-4,6-7,9-14,16,25H,5,8,15,17-18H2,1H3,(H,31,34)/t25-/m0/s1. The number of hydrogen-bond acceptors (Lipinski definition) is 3. The molecule has 3 aromatic carbocycles. The maximum atomic E-state index is 13.5. The molecule has 2 amide bonds. The van der Waals surface area contributed by atoms with E-state index in [2.05, 4.69) is 5.32 Å². The molecule has 3 rings (SSSR count). The van der Waals surface area contributed by atoms with Crippen molar-refractivity contribution in [2.45, 2.75) is 36.7 Å². The second-order valence-electron chi connectivity index (χ2n) is 8.00. The predicted molar refractivity (Wildman–Crippen MR) is 146 cm³/mol. The summed E-state index contributed by atoms with van der Waals surface area (Å²) in [6.07, 6.45) is 1.41. The van der Waals surface area contributed by atoms with Crippen LogP contribution in [-0.4, -0.2) is 35.6 Å². The normalized spacial score (nSPS) is 11.7. The van der Waals surface area contributed by atoms with Crippen LogP contribution in [0.3, 0.4) is 0 Å². The summed E-state index contributed by atoms with van der Waals surface area (Å²) in [7, 11) is 1.59. The minimum Gasteiger partial charge on any atom is -0.357 e. The van der Waals surface area contributed by atoms with Crippen molar-refractivity contribution in [1.82, 2.24) is 10.2 Å². The van der Waals surface area contributed by atoms with Gasteiger partial charge in [-0.1, -0.05) is 71.2 Å². The van der Waals surface area contributed by atoms with E-state index < -0.39 is 6.04 Å². The molecule has 0 aliphatic rings. The third-order valence-electron chi connectivity index (χ3n) is 5.47. The Morgan fingerprint density at radius 1 is 0.914 bits per heavy atom. The number of benzene rings is 3. The molecule has 1 atom stereocenters. The molecule has 0 radical (unpaired) electrons. The number of halogens is 3. The van der Waals surface area contributed by atoms with Gasteiger partial charge in [0.05, 0.1) is 10.0 Å². The number of carbonyl (C=O) groups is 2. The SMILES string of the molecule is CNC(=O)[C@H](Cc1ccccc1)N(Cc1ccc(Cl)c(Cl)c1)C(=O)CCCSc1ccc(Cl)cc1. The van der Waals surface area contributed by atoms with Crippen molar-refractivity contribution in [3.8, 4) is 0 Å². The number of carbonyl (C=O) groups excluding carboxylic acids is 2. The molecule has 0 aliphatic carbocycles. The molecule has 35 heavy (non-hydrogen) atoms. The number of amides is 2. The molecule has 0 saturated heterocycles. The van der Waals surface area contributed by atoms with Gasteiger partial charge >= 0.3 is 0 Å². The summed E-state index contributed by atoms with van der Waals surface area (Å²) in [5, 5.41) is 4.28. The average molecular weight is 550 g/mol. The number of rotatable bonds is 11. The zero-order valence-electron chi connectivity index (χ0n) is 19.3. The molecule has 184 valence electrons. The lowest BCUT2D eigenvalue weighted by Gasteiger charge is -2.31. The first-order chi connectivity index (χ1) is 16.9. The van der Waals surface area contributed by atoms with Crippen LogP contribution < -0.4 is 5.32 Å². The first kappa shape index (κ1) is 27.4. The summed E-state index contributed by atoms with van der Waals surface area (Å²) < 4.78 is 0. The van der Waals surface area contributed by atoms with Gasteiger partial charge in [-0.25, -0.2) is 0 Å². The quantitative estimate of drug-likeness (QED) is 0.209. The molecule has 0 aliphatic heterocycles. The van der Waals surface area contributed by atoms with E-state index in [1.807, 2.05) is 60.7 Å². The highest BCUT2D eigenvalue weighted by Gasteiger charge is 2.29. The molecular formula is C27H27Cl3N2O2S. The lowest BCUT2D eigenvalue weighted by atomic mass is 10.0. The first-order valence-electron chi connectivity index (χ1n) is 11.2. The van der Waals surface area contributed by atoms with Gasteiger partial charge < -0.3 is 10.2 Å². The van der Waals surface area contributed by atoms with E-state index in [1.165, 1.54) is 0 Å². The highest BCUT2D eigenvalue weighted by Crippen LogP contribution is 2.25. The number of nitrogens with one attached hydrogen (secondary N) is 1. The number of hydrogen-bond donors (Lipinski definition) is 1. The van der Waals surface area contributed by atoms with Gasteiger partial charge in [-0.05, 0) is 59.7 Å². The molecule has 0 heterocycles. The fourth-order valence-electron chi connectivity index (χ4n) is 3.64. The van der Waals surface area contributed by atoms with Crippen molar-refractivity contribution >= 4 is 58.4 Å². The Bertz CT molecular complexity index is 1130. The van der Waals surface area contributed by atoms with E-state index in [0.29, 0.717) is 34.3 Å². The Kier molecular flexibility index (Phi) is 10.8. The van der Waals surface area contributed by atoms with Gasteiger partial charge in [0, 0.05) is 36.4 Å². The number of nitrogens with zero attached hydrogens (tertiary/aromatic N) is 1. The van der Waals surface area contributed by atoms with Crippen LogP contribution in [-0.2, 0) is 22.6 Å². The predicted octanol–water partition coefficient (Wildman–Crippen LogP) is 6.91. The molecule has 0 bridgehead atoms. The van der Waals surface area contributed by atoms with Gasteiger partial charge in [0.25, 0.3) is 0 Å². The van der Waals surface area contributed by atoms with Gasteiger partial charge in [0.15, 0.2) is 0 Å². The highest BCUT2D eigenvalue weighted by molar-refractivity contribution is 7.99. The third kappa shape index (κ3) is 8.46. The van der Waals surface area contributed by atoms with Crippen LogP contribution in [0.4, 0.5) is 0 Å². The van der Waals surface area contributed by atoms with Crippen LogP contribution in [0.15, 0.2) is 77.7 Å². The molecule has 0 spiro atoms. The van der Waals surface area contributed by atoms with E-state index in [1.54, 1.807) is 35.8 Å². The minimum absolute atomic E-state index is 0.0858. The topological polar surface area (TPSA) is 49.4 Å². The molecule has 0 saturated carbocycles. The lowest BCUT2D eigenvalue weighted by molar-refractivity contribution is -0.141. The van der Waals surface area contributed by atoms with Crippen molar-refractivity contribution < 1.29 is 9.59 Å². The zero-order chi connectivity index (χ0) is 25.2. The van der Waals surface area contributed by atoms with Crippen LogP contribution in [0.25, 0.3) is 0 Å². The fourth-order valence-corrected chi connectivity index (χ4v) is 4.94. The highest BCUT2D eigenvalue weighted by atomic mass is 35.5. The monoisotopic (exact) mass is 548 g/mol. The first-order valence-corrected chi connectivity index (χ1v) is 13.4. The summed E-state index contributed by atoms with van der Waals surface area (Å²) in [4.78, 5) is 29.2. The smallest absolute Gasteiger partial charge is 0.242 e. The molecular weight excluding hydrogens is 523 g/mol. The summed E-state index contributed by atoms with van der Waals surface area (Å²) in [6, 6.07) is 21.9. The zero-order valence-corrected chi connectivity index (χ0v) is 22.4. The van der Waals surface area contributed by atoms with Crippen molar-refractivity contribution in [2.75, 3.05) is 12.8 Å². The van der Waals surface area contributed by atoms with E-state index >= 15 is 0 Å². The summed E-state index contributed by atoms with van der Waals surface area (Å²) >= 11 is 19.9. The van der Waals surface area contributed by atoms with Crippen LogP contribution in [0, 0.1) is 0 Å². The van der Waals surface area contributed by atoms with Gasteiger partial charge in [0.2, 0.25) is 11.8 Å². The Hall–Kier alpha value is -2.18. The van der Waals surface area contributed by atoms with Crippen molar-refractivity contribution in [1.29, 1.82) is 0 Å². The van der Waals surface area contributed by atoms with Gasteiger partial charge in [-0.3, -0.25) is 9.59 Å². The van der Waals surface area contributed by atoms with E-state index in [0.717, 1.165) is 21.8 Å². The van der Waals surface area contributed by atoms with E-state index in [9.17, 15) is 9.59 Å². The Morgan fingerprint density at radius 2 is 1.63 bits per heavy atom. The molecule has 3 aromatic rings. The number of likely N-dealkylation sites (N-methyl/N-ethyl adjacent to an activating group) is 1. The second kappa shape index (κ2) is 13.8. The fraction of sp³-hybridized carbons (Fsp3) is 0.259. The van der Waals surface area contributed by atoms with Crippen LogP contribution >= 0.6 is 46.6 Å². The van der Waals surface area contributed by atoms with Crippen molar-refractivity contribution in [3.05, 3.63) is 99.0 Å². The third-order valence-corrected chi connectivity index (χ3v) is 7.56. The summed E-state index contributed by atoms with van der Waals surface area (Å²) in [6.45, 7) is 0.255. The number of thioether (sulfide) groups is 1. The molecule has 0 unspecified atom stereocenters. The molecule has 0 fully saturated rings. The van der Waals surface area contributed by atoms with Crippen LogP contribution in [0.2, 0.25) is 15.1 Å². The van der Waals surface area contributed by atoms with Gasteiger partial charge in [-0.15, -0.1) is 11.8 Å². The van der Waals surface area contributed by atoms with Crippen LogP contribution in [0.5, 0.6) is 0 Å². The second-order valence-corrected chi connectivity index (χ2v) is 10.4. The van der Waals surface area contributed by atoms with E-state index in [4.69, 9.17) is 34.8 Å².